The van der Waals surface area contributed by atoms with Gasteiger partial charge in [0, 0.05) is 38.3 Å². The molecule has 3 heterocycles. The molecule has 0 aliphatic carbocycles. The second-order valence-electron chi connectivity index (χ2n) is 6.88. The fraction of sp³-hybridized carbons (Fsp3) is 0.368. The van der Waals surface area contributed by atoms with Crippen molar-refractivity contribution in [1.29, 1.82) is 0 Å². The van der Waals surface area contributed by atoms with Crippen LogP contribution in [0.2, 0.25) is 0 Å². The van der Waals surface area contributed by atoms with Gasteiger partial charge in [0.2, 0.25) is 16.8 Å². The van der Waals surface area contributed by atoms with Crippen LogP contribution in [0.3, 0.4) is 0 Å². The van der Waals surface area contributed by atoms with Crippen LogP contribution in [0.25, 0.3) is 0 Å². The Morgan fingerprint density at radius 1 is 0.962 bits per heavy atom. The van der Waals surface area contributed by atoms with Gasteiger partial charge in [-0.1, -0.05) is 24.3 Å². The highest BCUT2D eigenvalue weighted by Gasteiger charge is 2.37. The van der Waals surface area contributed by atoms with Crippen molar-refractivity contribution in [2.75, 3.05) is 33.0 Å². The maximum atomic E-state index is 13.2. The quantitative estimate of drug-likeness (QED) is 0.807. The SMILES string of the molecule is O=S(=O)(c1ccc2c(c1)OCO2)N1CCN2CCc3ccccc3C2C1. The van der Waals surface area contributed by atoms with Gasteiger partial charge in [-0.3, -0.25) is 4.90 Å². The summed E-state index contributed by atoms with van der Waals surface area (Å²) in [6.07, 6.45) is 1.03. The van der Waals surface area contributed by atoms with Gasteiger partial charge in [0.1, 0.15) is 0 Å². The first-order valence-electron chi connectivity index (χ1n) is 8.84. The van der Waals surface area contributed by atoms with E-state index in [2.05, 4.69) is 23.1 Å². The molecule has 26 heavy (non-hydrogen) atoms. The summed E-state index contributed by atoms with van der Waals surface area (Å²) in [7, 11) is -3.57. The van der Waals surface area contributed by atoms with E-state index in [0.717, 1.165) is 19.5 Å². The lowest BCUT2D eigenvalue weighted by atomic mass is 9.91. The topological polar surface area (TPSA) is 59.1 Å². The molecule has 136 valence electrons. The van der Waals surface area contributed by atoms with Gasteiger partial charge in [-0.2, -0.15) is 4.31 Å². The molecule has 0 aromatic heterocycles. The van der Waals surface area contributed by atoms with Gasteiger partial charge in [0.05, 0.1) is 4.90 Å². The standard InChI is InChI=1S/C19H20N2O4S/c22-26(23,15-5-6-18-19(11-15)25-13-24-18)21-10-9-20-8-7-14-3-1-2-4-16(14)17(20)12-21/h1-6,11,17H,7-10,12-13H2. The van der Waals surface area contributed by atoms with Gasteiger partial charge >= 0.3 is 0 Å². The third-order valence-corrected chi connectivity index (χ3v) is 7.38. The number of piperazine rings is 1. The number of hydrogen-bond acceptors (Lipinski definition) is 5. The third-order valence-electron chi connectivity index (χ3n) is 5.52. The zero-order valence-electron chi connectivity index (χ0n) is 14.3. The summed E-state index contributed by atoms with van der Waals surface area (Å²) in [4.78, 5) is 2.66. The Balaban J connectivity index is 1.46. The van der Waals surface area contributed by atoms with Crippen LogP contribution in [0.1, 0.15) is 17.2 Å². The van der Waals surface area contributed by atoms with Gasteiger partial charge < -0.3 is 9.47 Å². The van der Waals surface area contributed by atoms with Crippen molar-refractivity contribution in [3.8, 4) is 11.5 Å². The number of rotatable bonds is 2. The third kappa shape index (κ3) is 2.50. The summed E-state index contributed by atoms with van der Waals surface area (Å²) in [5.41, 5.74) is 2.58. The molecule has 1 fully saturated rings. The highest BCUT2D eigenvalue weighted by atomic mass is 32.2. The van der Waals surface area contributed by atoms with Crippen LogP contribution in [0, 0.1) is 0 Å². The van der Waals surface area contributed by atoms with E-state index in [1.54, 1.807) is 22.5 Å². The minimum absolute atomic E-state index is 0.123. The molecule has 6 nitrogen and oxygen atoms in total. The molecule has 0 N–H and O–H groups in total. The average molecular weight is 372 g/mol. The van der Waals surface area contributed by atoms with Crippen LogP contribution in [-0.4, -0.2) is 50.6 Å². The summed E-state index contributed by atoms with van der Waals surface area (Å²) >= 11 is 0. The van der Waals surface area contributed by atoms with Gasteiger partial charge in [0.25, 0.3) is 0 Å². The van der Waals surface area contributed by atoms with Crippen LogP contribution in [0.5, 0.6) is 11.5 Å². The Hall–Kier alpha value is -2.09. The maximum absolute atomic E-state index is 13.2. The summed E-state index contributed by atoms with van der Waals surface area (Å²) in [5.74, 6) is 1.09. The van der Waals surface area contributed by atoms with Crippen LogP contribution in [-0.2, 0) is 16.4 Å². The molecular weight excluding hydrogens is 352 g/mol. The van der Waals surface area contributed by atoms with E-state index in [0.29, 0.717) is 24.6 Å². The highest BCUT2D eigenvalue weighted by Crippen LogP contribution is 2.37. The predicted octanol–water partition coefficient (Wildman–Crippen LogP) is 2.02. The molecular formula is C19H20N2O4S. The minimum Gasteiger partial charge on any atom is -0.454 e. The van der Waals surface area contributed by atoms with Crippen LogP contribution < -0.4 is 9.47 Å². The summed E-state index contributed by atoms with van der Waals surface area (Å²) in [6, 6.07) is 13.3. The highest BCUT2D eigenvalue weighted by molar-refractivity contribution is 7.89. The van der Waals surface area contributed by atoms with Crippen molar-refractivity contribution in [2.24, 2.45) is 0 Å². The van der Waals surface area contributed by atoms with Gasteiger partial charge in [-0.15, -0.1) is 0 Å². The molecule has 0 bridgehead atoms. The molecule has 1 unspecified atom stereocenters. The monoisotopic (exact) mass is 372 g/mol. The van der Waals surface area contributed by atoms with Crippen molar-refractivity contribution in [3.63, 3.8) is 0 Å². The van der Waals surface area contributed by atoms with E-state index in [4.69, 9.17) is 9.47 Å². The molecule has 2 aromatic rings. The number of ether oxygens (including phenoxy) is 2. The number of benzene rings is 2. The molecule has 0 radical (unpaired) electrons. The normalized spacial score (nSPS) is 22.7. The van der Waals surface area contributed by atoms with E-state index in [9.17, 15) is 8.42 Å². The Kier molecular flexibility index (Phi) is 3.70. The summed E-state index contributed by atoms with van der Waals surface area (Å²) < 4.78 is 38.6. The molecule has 2 aromatic carbocycles. The van der Waals surface area contributed by atoms with Crippen LogP contribution >= 0.6 is 0 Å². The van der Waals surface area contributed by atoms with E-state index in [1.165, 1.54) is 11.1 Å². The smallest absolute Gasteiger partial charge is 0.243 e. The van der Waals surface area contributed by atoms with Gasteiger partial charge in [-0.05, 0) is 29.7 Å². The van der Waals surface area contributed by atoms with Crippen molar-refractivity contribution >= 4 is 10.0 Å². The summed E-state index contributed by atoms with van der Waals surface area (Å²) in [5, 5.41) is 0. The van der Waals surface area contributed by atoms with E-state index in [1.807, 2.05) is 6.07 Å². The molecule has 3 aliphatic rings. The Bertz CT molecular complexity index is 960. The molecule has 0 amide bonds. The van der Waals surface area contributed by atoms with Crippen LogP contribution in [0.4, 0.5) is 0 Å². The first kappa shape index (κ1) is 16.1. The van der Waals surface area contributed by atoms with Crippen molar-refractivity contribution in [3.05, 3.63) is 53.6 Å². The molecule has 0 spiro atoms. The number of nitrogens with zero attached hydrogens (tertiary/aromatic N) is 2. The Morgan fingerprint density at radius 3 is 2.73 bits per heavy atom. The lowest BCUT2D eigenvalue weighted by molar-refractivity contribution is 0.109. The summed E-state index contributed by atoms with van der Waals surface area (Å²) in [6.45, 7) is 2.86. The van der Waals surface area contributed by atoms with Gasteiger partial charge in [0.15, 0.2) is 11.5 Å². The van der Waals surface area contributed by atoms with Crippen molar-refractivity contribution < 1.29 is 17.9 Å². The largest absolute Gasteiger partial charge is 0.454 e. The number of hydrogen-bond donors (Lipinski definition) is 0. The van der Waals surface area contributed by atoms with Crippen molar-refractivity contribution in [2.45, 2.75) is 17.4 Å². The molecule has 1 saturated heterocycles. The van der Waals surface area contributed by atoms with E-state index < -0.39 is 10.0 Å². The van der Waals surface area contributed by atoms with E-state index in [-0.39, 0.29) is 17.7 Å². The fourth-order valence-corrected chi connectivity index (χ4v) is 5.57. The lowest BCUT2D eigenvalue weighted by Gasteiger charge is -2.44. The van der Waals surface area contributed by atoms with Gasteiger partial charge in [-0.25, -0.2) is 8.42 Å². The Morgan fingerprint density at radius 2 is 1.81 bits per heavy atom. The lowest BCUT2D eigenvalue weighted by Crippen LogP contribution is -2.52. The fourth-order valence-electron chi connectivity index (χ4n) is 4.11. The second-order valence-corrected chi connectivity index (χ2v) is 8.82. The molecule has 7 heteroatoms. The zero-order chi connectivity index (χ0) is 17.7. The first-order valence-corrected chi connectivity index (χ1v) is 10.3. The average Bonchev–Trinajstić information content (AvgIpc) is 3.15. The van der Waals surface area contributed by atoms with Crippen molar-refractivity contribution in [1.82, 2.24) is 9.21 Å². The number of sulfonamides is 1. The van der Waals surface area contributed by atoms with Crippen LogP contribution in [0.15, 0.2) is 47.4 Å². The molecule has 0 saturated carbocycles. The molecule has 1 atom stereocenters. The Labute approximate surface area is 153 Å². The minimum atomic E-state index is -3.57. The molecule has 3 aliphatic heterocycles. The maximum Gasteiger partial charge on any atom is 0.243 e. The second kappa shape index (κ2) is 5.97. The zero-order valence-corrected chi connectivity index (χ0v) is 15.1. The number of fused-ring (bicyclic) bond motifs is 4. The van der Waals surface area contributed by atoms with E-state index >= 15 is 0 Å². The first-order chi connectivity index (χ1) is 12.6. The molecule has 5 rings (SSSR count). The predicted molar refractivity (Wildman–Crippen MR) is 95.8 cm³/mol.